The van der Waals surface area contributed by atoms with Gasteiger partial charge in [0, 0.05) is 31.0 Å². The normalized spacial score (nSPS) is 24.5. The Morgan fingerprint density at radius 3 is 2.27 bits per heavy atom. The molecule has 1 amide bonds. The molecule has 1 aromatic carbocycles. The first-order valence-electron chi connectivity index (χ1n) is 9.48. The van der Waals surface area contributed by atoms with Crippen molar-refractivity contribution in [3.63, 3.8) is 0 Å². The van der Waals surface area contributed by atoms with Crippen LogP contribution in [0, 0.1) is 0 Å². The third-order valence-electron chi connectivity index (χ3n) is 5.87. The Morgan fingerprint density at radius 2 is 1.73 bits per heavy atom. The maximum absolute atomic E-state index is 12.8. The zero-order valence-corrected chi connectivity index (χ0v) is 16.9. The predicted molar refractivity (Wildman–Crippen MR) is 104 cm³/mol. The van der Waals surface area contributed by atoms with Gasteiger partial charge in [-0.15, -0.1) is 0 Å². The lowest BCUT2D eigenvalue weighted by Crippen LogP contribution is -2.41. The highest BCUT2D eigenvalue weighted by Crippen LogP contribution is 2.42. The van der Waals surface area contributed by atoms with Gasteiger partial charge in [-0.1, -0.05) is 12.1 Å². The van der Waals surface area contributed by atoms with E-state index in [1.54, 1.807) is 0 Å². The first-order valence-corrected chi connectivity index (χ1v) is 9.48. The lowest BCUT2D eigenvalue weighted by Gasteiger charge is -2.32. The van der Waals surface area contributed by atoms with E-state index in [0.29, 0.717) is 6.54 Å². The molecular weight excluding hydrogens is 327 g/mol. The summed E-state index contributed by atoms with van der Waals surface area (Å²) in [4.78, 5) is 16.9. The van der Waals surface area contributed by atoms with Crippen LogP contribution in [-0.4, -0.2) is 61.2 Å². The molecule has 142 valence electrons. The van der Waals surface area contributed by atoms with E-state index in [1.165, 1.54) is 5.56 Å². The largest absolute Gasteiger partial charge is 0.463 e. The molecule has 0 aliphatic carbocycles. The first kappa shape index (κ1) is 19.4. The van der Waals surface area contributed by atoms with Gasteiger partial charge in [-0.3, -0.25) is 4.79 Å². The van der Waals surface area contributed by atoms with Crippen molar-refractivity contribution in [2.45, 2.75) is 57.7 Å². The molecule has 0 bridgehead atoms. The lowest BCUT2D eigenvalue weighted by molar-refractivity contribution is 0.00578. The molecule has 0 N–H and O–H groups in total. The van der Waals surface area contributed by atoms with Crippen LogP contribution in [0.5, 0.6) is 0 Å². The second-order valence-electron chi connectivity index (χ2n) is 8.86. The molecule has 2 aliphatic rings. The van der Waals surface area contributed by atoms with Crippen LogP contribution in [0.25, 0.3) is 0 Å². The standard InChI is InChI=1S/C20H31BN2O3/c1-19(2)20(3,4)26-21(25-19)17-11-12-23(14-17)18(24)16-9-7-15(8-10-16)13-22(5)6/h7-10,17H,11-14H2,1-6H3. The van der Waals surface area contributed by atoms with Crippen LogP contribution in [0.3, 0.4) is 0 Å². The Labute approximate surface area is 157 Å². The van der Waals surface area contributed by atoms with Crippen LogP contribution in [0.2, 0.25) is 5.82 Å². The molecule has 0 saturated carbocycles. The minimum absolute atomic E-state index is 0.0976. The fourth-order valence-corrected chi connectivity index (χ4v) is 3.58. The Kier molecular flexibility index (Phi) is 5.21. The van der Waals surface area contributed by atoms with Crippen LogP contribution in [0.1, 0.15) is 50.0 Å². The van der Waals surface area contributed by atoms with E-state index >= 15 is 0 Å². The fraction of sp³-hybridized carbons (Fsp3) is 0.650. The van der Waals surface area contributed by atoms with Crippen LogP contribution in [-0.2, 0) is 15.9 Å². The molecule has 1 atom stereocenters. The molecule has 26 heavy (non-hydrogen) atoms. The van der Waals surface area contributed by atoms with Gasteiger partial charge >= 0.3 is 7.12 Å². The van der Waals surface area contributed by atoms with Gasteiger partial charge in [0.05, 0.1) is 11.2 Å². The molecule has 2 saturated heterocycles. The third-order valence-corrected chi connectivity index (χ3v) is 5.87. The van der Waals surface area contributed by atoms with Gasteiger partial charge < -0.3 is 19.1 Å². The quantitative estimate of drug-likeness (QED) is 0.776. The van der Waals surface area contributed by atoms with Crippen molar-refractivity contribution in [2.75, 3.05) is 27.2 Å². The third kappa shape index (κ3) is 3.82. The Balaban J connectivity index is 1.61. The number of nitrogens with zero attached hydrogens (tertiary/aromatic N) is 2. The summed E-state index contributed by atoms with van der Waals surface area (Å²) in [6.45, 7) is 10.6. The molecule has 0 spiro atoms. The number of benzene rings is 1. The highest BCUT2D eigenvalue weighted by atomic mass is 16.7. The molecule has 2 aliphatic heterocycles. The SMILES string of the molecule is CN(C)Cc1ccc(C(=O)N2CCC(B3OC(C)(C)C(C)(C)O3)C2)cc1. The monoisotopic (exact) mass is 358 g/mol. The molecule has 3 rings (SSSR count). The van der Waals surface area contributed by atoms with E-state index < -0.39 is 0 Å². The van der Waals surface area contributed by atoms with Crippen LogP contribution >= 0.6 is 0 Å². The number of likely N-dealkylation sites (tertiary alicyclic amines) is 1. The number of hydrogen-bond acceptors (Lipinski definition) is 4. The van der Waals surface area contributed by atoms with E-state index in [2.05, 4.69) is 32.6 Å². The van der Waals surface area contributed by atoms with E-state index in [0.717, 1.165) is 25.1 Å². The predicted octanol–water partition coefficient (Wildman–Crippen LogP) is 3.06. The summed E-state index contributed by atoms with van der Waals surface area (Å²) in [5, 5.41) is 0. The maximum atomic E-state index is 12.8. The zero-order chi connectivity index (χ0) is 19.1. The Morgan fingerprint density at radius 1 is 1.15 bits per heavy atom. The zero-order valence-electron chi connectivity index (χ0n) is 16.9. The van der Waals surface area contributed by atoms with Crippen LogP contribution in [0.15, 0.2) is 24.3 Å². The second kappa shape index (κ2) is 6.99. The summed E-state index contributed by atoms with van der Waals surface area (Å²) in [5.74, 6) is 0.327. The summed E-state index contributed by atoms with van der Waals surface area (Å²) in [7, 11) is 3.85. The minimum atomic E-state index is -0.322. The fourth-order valence-electron chi connectivity index (χ4n) is 3.58. The van der Waals surface area contributed by atoms with E-state index in [4.69, 9.17) is 9.31 Å². The van der Waals surface area contributed by atoms with Crippen molar-refractivity contribution in [1.82, 2.24) is 9.80 Å². The van der Waals surface area contributed by atoms with Gasteiger partial charge in [-0.25, -0.2) is 0 Å². The molecule has 1 unspecified atom stereocenters. The summed E-state index contributed by atoms with van der Waals surface area (Å²) in [6.07, 6.45) is 0.918. The van der Waals surface area contributed by atoms with Crippen molar-refractivity contribution in [1.29, 1.82) is 0 Å². The summed E-state index contributed by atoms with van der Waals surface area (Å²) in [5.41, 5.74) is 1.32. The minimum Gasteiger partial charge on any atom is -0.403 e. The molecule has 2 fully saturated rings. The van der Waals surface area contributed by atoms with Gasteiger partial charge in [0.1, 0.15) is 0 Å². The molecule has 6 heteroatoms. The van der Waals surface area contributed by atoms with Gasteiger partial charge in [0.15, 0.2) is 0 Å². The number of rotatable bonds is 4. The van der Waals surface area contributed by atoms with Gasteiger partial charge in [-0.2, -0.15) is 0 Å². The summed E-state index contributed by atoms with van der Waals surface area (Å²) >= 11 is 0. The van der Waals surface area contributed by atoms with Crippen LogP contribution in [0.4, 0.5) is 0 Å². The van der Waals surface area contributed by atoms with Crippen molar-refractivity contribution in [3.05, 3.63) is 35.4 Å². The molecule has 2 heterocycles. The summed E-state index contributed by atoms with van der Waals surface area (Å²) in [6, 6.07) is 7.94. The van der Waals surface area contributed by atoms with E-state index in [-0.39, 0.29) is 30.0 Å². The first-order chi connectivity index (χ1) is 12.1. The highest BCUT2D eigenvalue weighted by Gasteiger charge is 2.54. The van der Waals surface area contributed by atoms with Gasteiger partial charge in [0.25, 0.3) is 5.91 Å². The Bertz CT molecular complexity index is 642. The number of carbonyl (C=O) groups excluding carboxylic acids is 1. The molecular formula is C20H31BN2O3. The van der Waals surface area contributed by atoms with Crippen molar-refractivity contribution >= 4 is 13.0 Å². The van der Waals surface area contributed by atoms with E-state index in [1.807, 2.05) is 43.3 Å². The van der Waals surface area contributed by atoms with E-state index in [9.17, 15) is 4.79 Å². The van der Waals surface area contributed by atoms with Gasteiger partial charge in [-0.05, 0) is 65.9 Å². The Hall–Kier alpha value is -1.37. The average molecular weight is 358 g/mol. The number of carbonyl (C=O) groups is 1. The molecule has 1 aromatic rings. The van der Waals surface area contributed by atoms with Crippen LogP contribution < -0.4 is 0 Å². The second-order valence-corrected chi connectivity index (χ2v) is 8.86. The number of amides is 1. The van der Waals surface area contributed by atoms with Crippen molar-refractivity contribution < 1.29 is 14.1 Å². The van der Waals surface area contributed by atoms with Gasteiger partial charge in [0.2, 0.25) is 0 Å². The highest BCUT2D eigenvalue weighted by molar-refractivity contribution is 6.47. The van der Waals surface area contributed by atoms with Crippen molar-refractivity contribution in [3.8, 4) is 0 Å². The maximum Gasteiger partial charge on any atom is 0.463 e. The number of hydrogen-bond donors (Lipinski definition) is 0. The summed E-state index contributed by atoms with van der Waals surface area (Å²) < 4.78 is 12.3. The molecule has 0 radical (unpaired) electrons. The smallest absolute Gasteiger partial charge is 0.403 e. The topological polar surface area (TPSA) is 42.0 Å². The van der Waals surface area contributed by atoms with Crippen molar-refractivity contribution in [2.24, 2.45) is 0 Å². The average Bonchev–Trinajstić information content (AvgIpc) is 3.10. The molecule has 5 nitrogen and oxygen atoms in total. The molecule has 0 aromatic heterocycles. The lowest BCUT2D eigenvalue weighted by atomic mass is 9.71.